The van der Waals surface area contributed by atoms with Gasteiger partial charge in [0.2, 0.25) is 10.0 Å². The van der Waals surface area contributed by atoms with Gasteiger partial charge in [-0.25, -0.2) is 13.1 Å². The molecule has 1 fully saturated rings. The first kappa shape index (κ1) is 14.9. The van der Waals surface area contributed by atoms with Crippen LogP contribution in [0.1, 0.15) is 52.4 Å². The van der Waals surface area contributed by atoms with Crippen LogP contribution in [0.5, 0.6) is 0 Å². The zero-order valence-corrected chi connectivity index (χ0v) is 11.9. The number of hydrogen-bond donors (Lipinski definition) is 2. The van der Waals surface area contributed by atoms with Crippen molar-refractivity contribution in [2.75, 3.05) is 13.1 Å². The third-order valence-electron chi connectivity index (χ3n) is 3.40. The molecule has 2 N–H and O–H groups in total. The Labute approximate surface area is 106 Å². The fourth-order valence-corrected chi connectivity index (χ4v) is 3.47. The van der Waals surface area contributed by atoms with Gasteiger partial charge in [0, 0.05) is 12.6 Å². The predicted molar refractivity (Wildman–Crippen MR) is 71.6 cm³/mol. The van der Waals surface area contributed by atoms with Crippen molar-refractivity contribution < 1.29 is 8.42 Å². The van der Waals surface area contributed by atoms with Crippen LogP contribution in [0, 0.1) is 0 Å². The molecule has 5 heteroatoms. The summed E-state index contributed by atoms with van der Waals surface area (Å²) in [6.07, 6.45) is 6.76. The second kappa shape index (κ2) is 7.34. The first-order valence-electron chi connectivity index (χ1n) is 6.78. The molecule has 0 bridgehead atoms. The lowest BCUT2D eigenvalue weighted by molar-refractivity contribution is 0.500. The molecule has 1 unspecified atom stereocenters. The van der Waals surface area contributed by atoms with Crippen molar-refractivity contribution in [1.82, 2.24) is 10.0 Å². The van der Waals surface area contributed by atoms with Gasteiger partial charge in [0.05, 0.1) is 5.25 Å². The molecule has 1 aliphatic carbocycles. The first-order chi connectivity index (χ1) is 8.06. The predicted octanol–water partition coefficient (Wildman–Crippen LogP) is 1.63. The fourth-order valence-electron chi connectivity index (χ4n) is 2.20. The molecule has 0 radical (unpaired) electrons. The highest BCUT2D eigenvalue weighted by atomic mass is 32.2. The minimum absolute atomic E-state index is 0.159. The van der Waals surface area contributed by atoms with Crippen LogP contribution in [0.25, 0.3) is 0 Å². The van der Waals surface area contributed by atoms with E-state index in [1.165, 1.54) is 12.8 Å². The molecular weight excluding hydrogens is 236 g/mol. The monoisotopic (exact) mass is 262 g/mol. The third-order valence-corrected chi connectivity index (χ3v) is 5.29. The van der Waals surface area contributed by atoms with Crippen LogP contribution >= 0.6 is 0 Å². The summed E-state index contributed by atoms with van der Waals surface area (Å²) in [5, 5.41) is 2.73. The van der Waals surface area contributed by atoms with Crippen molar-refractivity contribution in [1.29, 1.82) is 0 Å². The van der Waals surface area contributed by atoms with Crippen molar-refractivity contribution in [3.8, 4) is 0 Å². The van der Waals surface area contributed by atoms with E-state index in [1.807, 2.05) is 6.92 Å². The second-order valence-corrected chi connectivity index (χ2v) is 7.10. The Morgan fingerprint density at radius 2 is 1.76 bits per heavy atom. The molecule has 17 heavy (non-hydrogen) atoms. The molecule has 0 heterocycles. The molecule has 4 nitrogen and oxygen atoms in total. The topological polar surface area (TPSA) is 58.2 Å². The van der Waals surface area contributed by atoms with Gasteiger partial charge in [0.1, 0.15) is 0 Å². The van der Waals surface area contributed by atoms with E-state index in [0.717, 1.165) is 32.2 Å². The van der Waals surface area contributed by atoms with Gasteiger partial charge < -0.3 is 5.32 Å². The molecule has 0 aromatic heterocycles. The van der Waals surface area contributed by atoms with E-state index in [2.05, 4.69) is 10.0 Å². The fraction of sp³-hybridized carbons (Fsp3) is 1.00. The smallest absolute Gasteiger partial charge is 0.215 e. The van der Waals surface area contributed by atoms with E-state index in [4.69, 9.17) is 0 Å². The molecule has 102 valence electrons. The minimum Gasteiger partial charge on any atom is -0.316 e. The average molecular weight is 262 g/mol. The molecule has 0 aliphatic heterocycles. The molecule has 1 aliphatic rings. The Bertz CT molecular complexity index is 296. The Balaban J connectivity index is 2.46. The molecule has 0 amide bonds. The van der Waals surface area contributed by atoms with Crippen LogP contribution in [0.15, 0.2) is 0 Å². The highest BCUT2D eigenvalue weighted by molar-refractivity contribution is 7.90. The van der Waals surface area contributed by atoms with Crippen molar-refractivity contribution in [2.24, 2.45) is 0 Å². The van der Waals surface area contributed by atoms with Gasteiger partial charge in [-0.15, -0.1) is 0 Å². The van der Waals surface area contributed by atoms with Crippen LogP contribution in [0.4, 0.5) is 0 Å². The maximum absolute atomic E-state index is 12.1. The number of nitrogens with one attached hydrogen (secondary N) is 2. The van der Waals surface area contributed by atoms with E-state index >= 15 is 0 Å². The largest absolute Gasteiger partial charge is 0.316 e. The SMILES string of the molecule is CCNCC(C)S(=O)(=O)NC1CCCCCC1. The van der Waals surface area contributed by atoms with Crippen LogP contribution in [-0.2, 0) is 10.0 Å². The van der Waals surface area contributed by atoms with Gasteiger partial charge in [-0.05, 0) is 26.3 Å². The van der Waals surface area contributed by atoms with Crippen molar-refractivity contribution >= 4 is 10.0 Å². The maximum Gasteiger partial charge on any atom is 0.215 e. The molecule has 0 saturated heterocycles. The normalized spacial score (nSPS) is 21.1. The number of rotatable bonds is 6. The minimum atomic E-state index is -3.16. The Morgan fingerprint density at radius 1 is 1.18 bits per heavy atom. The maximum atomic E-state index is 12.1. The van der Waals surface area contributed by atoms with E-state index in [-0.39, 0.29) is 11.3 Å². The Hall–Kier alpha value is -0.130. The molecule has 1 rings (SSSR count). The van der Waals surface area contributed by atoms with Crippen LogP contribution < -0.4 is 10.0 Å². The van der Waals surface area contributed by atoms with Crippen LogP contribution in [-0.4, -0.2) is 32.8 Å². The highest BCUT2D eigenvalue weighted by Crippen LogP contribution is 2.18. The molecular formula is C12H26N2O2S. The second-order valence-electron chi connectivity index (χ2n) is 4.97. The van der Waals surface area contributed by atoms with Gasteiger partial charge in [-0.2, -0.15) is 0 Å². The lowest BCUT2D eigenvalue weighted by Gasteiger charge is -2.20. The van der Waals surface area contributed by atoms with Gasteiger partial charge in [-0.3, -0.25) is 0 Å². The summed E-state index contributed by atoms with van der Waals surface area (Å²) < 4.78 is 27.0. The van der Waals surface area contributed by atoms with Crippen LogP contribution in [0.3, 0.4) is 0 Å². The highest BCUT2D eigenvalue weighted by Gasteiger charge is 2.24. The Morgan fingerprint density at radius 3 is 2.29 bits per heavy atom. The Kier molecular flexibility index (Phi) is 6.44. The summed E-state index contributed by atoms with van der Waals surface area (Å²) in [6, 6.07) is 0.159. The summed E-state index contributed by atoms with van der Waals surface area (Å²) in [6.45, 7) is 5.08. The molecule has 1 saturated carbocycles. The van der Waals surface area contributed by atoms with Crippen molar-refractivity contribution in [2.45, 2.75) is 63.7 Å². The molecule has 0 spiro atoms. The molecule has 0 aromatic carbocycles. The summed E-state index contributed by atoms with van der Waals surface area (Å²) in [5.41, 5.74) is 0. The van der Waals surface area contributed by atoms with Gasteiger partial charge in [0.25, 0.3) is 0 Å². The third kappa shape index (κ3) is 5.36. The van der Waals surface area contributed by atoms with E-state index < -0.39 is 10.0 Å². The zero-order valence-electron chi connectivity index (χ0n) is 11.0. The number of sulfonamides is 1. The van der Waals surface area contributed by atoms with Crippen LogP contribution in [0.2, 0.25) is 0 Å². The van der Waals surface area contributed by atoms with Crippen molar-refractivity contribution in [3.05, 3.63) is 0 Å². The number of hydrogen-bond acceptors (Lipinski definition) is 3. The lowest BCUT2D eigenvalue weighted by Crippen LogP contribution is -2.43. The summed E-state index contributed by atoms with van der Waals surface area (Å²) in [7, 11) is -3.16. The summed E-state index contributed by atoms with van der Waals surface area (Å²) in [5.74, 6) is 0. The van der Waals surface area contributed by atoms with Crippen molar-refractivity contribution in [3.63, 3.8) is 0 Å². The quantitative estimate of drug-likeness (QED) is 0.715. The first-order valence-corrected chi connectivity index (χ1v) is 8.32. The van der Waals surface area contributed by atoms with Gasteiger partial charge >= 0.3 is 0 Å². The molecule has 1 atom stereocenters. The van der Waals surface area contributed by atoms with Gasteiger partial charge in [-0.1, -0.05) is 32.6 Å². The van der Waals surface area contributed by atoms with E-state index in [9.17, 15) is 8.42 Å². The summed E-state index contributed by atoms with van der Waals surface area (Å²) in [4.78, 5) is 0. The molecule has 0 aromatic rings. The standard InChI is InChI=1S/C12H26N2O2S/c1-3-13-10-11(2)17(15,16)14-12-8-6-4-5-7-9-12/h11-14H,3-10H2,1-2H3. The summed E-state index contributed by atoms with van der Waals surface area (Å²) >= 11 is 0. The van der Waals surface area contributed by atoms with E-state index in [0.29, 0.717) is 6.54 Å². The average Bonchev–Trinajstić information content (AvgIpc) is 2.53. The van der Waals surface area contributed by atoms with Gasteiger partial charge in [0.15, 0.2) is 0 Å². The lowest BCUT2D eigenvalue weighted by atomic mass is 10.1. The van der Waals surface area contributed by atoms with E-state index in [1.54, 1.807) is 6.92 Å². The zero-order chi connectivity index (χ0) is 12.7.